The van der Waals surface area contributed by atoms with Crippen LogP contribution >= 0.6 is 0 Å². The summed E-state index contributed by atoms with van der Waals surface area (Å²) in [5, 5.41) is 87.2. The molecule has 0 bridgehead atoms. The summed E-state index contributed by atoms with van der Waals surface area (Å²) in [5.74, 6) is -0.282. The molecule has 14 heteroatoms. The molecule has 2 heterocycles. The number of carbonyl (C=O) groups is 1. The molecule has 14 nitrogen and oxygen atoms in total. The fraction of sp³-hybridized carbons (Fsp3) is 0.783. The van der Waals surface area contributed by atoms with Crippen LogP contribution in [-0.2, 0) is 23.7 Å². The van der Waals surface area contributed by atoms with E-state index in [-0.39, 0.29) is 18.9 Å². The third-order valence-corrected chi connectivity index (χ3v) is 15.8. The van der Waals surface area contributed by atoms with E-state index < -0.39 is 86.8 Å². The van der Waals surface area contributed by atoms with Gasteiger partial charge in [-0.25, -0.2) is 0 Å². The zero-order chi connectivity index (χ0) is 60.2. The first-order chi connectivity index (χ1) is 40.6. The van der Waals surface area contributed by atoms with Crippen molar-refractivity contribution in [2.75, 3.05) is 19.8 Å². The van der Waals surface area contributed by atoms with Crippen molar-refractivity contribution >= 4 is 5.91 Å². The monoisotopic (exact) mass is 1170 g/mol. The first-order valence-corrected chi connectivity index (χ1v) is 33.3. The van der Waals surface area contributed by atoms with Crippen molar-refractivity contribution < 1.29 is 64.6 Å². The summed E-state index contributed by atoms with van der Waals surface area (Å²) in [6.07, 6.45) is 56.5. The topological polar surface area (TPSA) is 228 Å². The second-order valence-electron chi connectivity index (χ2n) is 23.2. The molecule has 0 aromatic rings. The van der Waals surface area contributed by atoms with Crippen LogP contribution in [0.3, 0.4) is 0 Å². The lowest BCUT2D eigenvalue weighted by Crippen LogP contribution is -2.65. The zero-order valence-corrected chi connectivity index (χ0v) is 51.9. The SMILES string of the molecule is CC/C=C\C/C=C\C/C=C\C/C=C\C/C=C\CCCCCC(=O)NC(COC1OC(CO)C(OC2OC(CO)C(O)C(O)C2O)C(O)C1O)C(O)/C=C/CC/C=C/CCCCCCCCCCCCCCCCCCCCCCCCCC. The van der Waals surface area contributed by atoms with Gasteiger partial charge in [0.1, 0.15) is 48.8 Å². The molecule has 9 N–H and O–H groups in total. The molecule has 0 aliphatic carbocycles. The Bertz CT molecular complexity index is 1710. The first-order valence-electron chi connectivity index (χ1n) is 33.3. The molecule has 0 radical (unpaired) electrons. The smallest absolute Gasteiger partial charge is 0.220 e. The van der Waals surface area contributed by atoms with Crippen LogP contribution in [0.15, 0.2) is 85.1 Å². The lowest BCUT2D eigenvalue weighted by Gasteiger charge is -2.46. The van der Waals surface area contributed by atoms with Crippen LogP contribution in [0.1, 0.15) is 251 Å². The minimum absolute atomic E-state index is 0.230. The number of aliphatic hydroxyl groups is 8. The van der Waals surface area contributed by atoms with Gasteiger partial charge < -0.3 is 65.1 Å². The van der Waals surface area contributed by atoms with E-state index in [1.54, 1.807) is 6.08 Å². The van der Waals surface area contributed by atoms with Crippen molar-refractivity contribution in [2.45, 2.75) is 325 Å². The fourth-order valence-electron chi connectivity index (χ4n) is 10.5. The summed E-state index contributed by atoms with van der Waals surface area (Å²) in [4.78, 5) is 13.3. The van der Waals surface area contributed by atoms with Gasteiger partial charge in [-0.1, -0.05) is 253 Å². The van der Waals surface area contributed by atoms with Gasteiger partial charge in [-0.15, -0.1) is 0 Å². The van der Waals surface area contributed by atoms with Crippen LogP contribution in [0.2, 0.25) is 0 Å². The summed E-state index contributed by atoms with van der Waals surface area (Å²) in [6, 6.07) is -0.956. The van der Waals surface area contributed by atoms with Crippen molar-refractivity contribution in [3.05, 3.63) is 85.1 Å². The number of carbonyl (C=O) groups excluding carboxylic acids is 1. The second kappa shape index (κ2) is 53.4. The Morgan fingerprint density at radius 2 is 0.843 bits per heavy atom. The van der Waals surface area contributed by atoms with Gasteiger partial charge in [0, 0.05) is 6.42 Å². The van der Waals surface area contributed by atoms with Crippen LogP contribution < -0.4 is 5.32 Å². The quantitative estimate of drug-likeness (QED) is 0.0204. The molecule has 0 aromatic carbocycles. The van der Waals surface area contributed by atoms with E-state index >= 15 is 0 Å². The molecule has 0 spiro atoms. The fourth-order valence-corrected chi connectivity index (χ4v) is 10.5. The third-order valence-electron chi connectivity index (χ3n) is 15.8. The lowest BCUT2D eigenvalue weighted by atomic mass is 9.97. The van der Waals surface area contributed by atoms with Crippen LogP contribution in [0.4, 0.5) is 0 Å². The highest BCUT2D eigenvalue weighted by Crippen LogP contribution is 2.30. The van der Waals surface area contributed by atoms with Crippen LogP contribution in [0, 0.1) is 0 Å². The molecule has 2 fully saturated rings. The van der Waals surface area contributed by atoms with Crippen LogP contribution in [0.5, 0.6) is 0 Å². The molecule has 2 aliphatic heterocycles. The number of aliphatic hydroxyl groups excluding tert-OH is 8. The molecule has 0 aromatic heterocycles. The number of nitrogens with one attached hydrogen (secondary N) is 1. The summed E-state index contributed by atoms with van der Waals surface area (Å²) in [5.41, 5.74) is 0. The molecule has 480 valence electrons. The molecule has 0 saturated carbocycles. The van der Waals surface area contributed by atoms with Gasteiger partial charge in [-0.3, -0.25) is 4.79 Å². The predicted molar refractivity (Wildman–Crippen MR) is 336 cm³/mol. The molecule has 2 rings (SSSR count). The Hall–Kier alpha value is -2.83. The highest BCUT2D eigenvalue weighted by molar-refractivity contribution is 5.76. The molecular weight excluding hydrogens is 1050 g/mol. The largest absolute Gasteiger partial charge is 0.394 e. The maximum Gasteiger partial charge on any atom is 0.220 e. The van der Waals surface area contributed by atoms with E-state index in [9.17, 15) is 45.6 Å². The van der Waals surface area contributed by atoms with Gasteiger partial charge in [0.05, 0.1) is 32.0 Å². The number of hydrogen-bond donors (Lipinski definition) is 9. The van der Waals surface area contributed by atoms with Gasteiger partial charge in [-0.05, 0) is 77.0 Å². The average molecular weight is 1170 g/mol. The summed E-state index contributed by atoms with van der Waals surface area (Å²) < 4.78 is 22.8. The van der Waals surface area contributed by atoms with Crippen molar-refractivity contribution in [3.8, 4) is 0 Å². The number of amides is 1. The molecule has 1 amide bonds. The number of ether oxygens (including phenoxy) is 4. The van der Waals surface area contributed by atoms with E-state index in [1.165, 1.54) is 154 Å². The maximum atomic E-state index is 13.3. The normalized spacial score (nSPS) is 24.4. The summed E-state index contributed by atoms with van der Waals surface area (Å²) in [6.45, 7) is 2.66. The Morgan fingerprint density at radius 1 is 0.446 bits per heavy atom. The van der Waals surface area contributed by atoms with Crippen molar-refractivity contribution in [3.63, 3.8) is 0 Å². The Morgan fingerprint density at radius 3 is 1.33 bits per heavy atom. The van der Waals surface area contributed by atoms with Crippen LogP contribution in [0.25, 0.3) is 0 Å². The van der Waals surface area contributed by atoms with Gasteiger partial charge in [0.2, 0.25) is 5.91 Å². The van der Waals surface area contributed by atoms with Crippen LogP contribution in [-0.4, -0.2) is 140 Å². The van der Waals surface area contributed by atoms with E-state index in [1.807, 2.05) is 6.08 Å². The van der Waals surface area contributed by atoms with Crippen molar-refractivity contribution in [2.24, 2.45) is 0 Å². The van der Waals surface area contributed by atoms with Crippen molar-refractivity contribution in [1.82, 2.24) is 5.32 Å². The molecule has 2 saturated heterocycles. The van der Waals surface area contributed by atoms with Gasteiger partial charge in [-0.2, -0.15) is 0 Å². The van der Waals surface area contributed by atoms with E-state index in [4.69, 9.17) is 18.9 Å². The molecule has 2 aliphatic rings. The number of rotatable bonds is 53. The Labute approximate surface area is 503 Å². The van der Waals surface area contributed by atoms with Gasteiger partial charge in [0.15, 0.2) is 12.6 Å². The minimum atomic E-state index is -1.80. The number of unbranched alkanes of at least 4 members (excludes halogenated alkanes) is 28. The van der Waals surface area contributed by atoms with E-state index in [2.05, 4.69) is 92.1 Å². The molecule has 12 unspecified atom stereocenters. The minimum Gasteiger partial charge on any atom is -0.394 e. The lowest BCUT2D eigenvalue weighted by molar-refractivity contribution is -0.359. The maximum absolute atomic E-state index is 13.3. The summed E-state index contributed by atoms with van der Waals surface area (Å²) in [7, 11) is 0. The molecular formula is C69H121NO13. The predicted octanol–water partition coefficient (Wildman–Crippen LogP) is 12.8. The van der Waals surface area contributed by atoms with E-state index in [0.29, 0.717) is 12.8 Å². The second-order valence-corrected chi connectivity index (χ2v) is 23.2. The molecule has 83 heavy (non-hydrogen) atoms. The third kappa shape index (κ3) is 38.1. The van der Waals surface area contributed by atoms with Crippen molar-refractivity contribution in [1.29, 1.82) is 0 Å². The molecule has 12 atom stereocenters. The zero-order valence-electron chi connectivity index (χ0n) is 51.9. The Kier molecular flexibility index (Phi) is 49.1. The summed E-state index contributed by atoms with van der Waals surface area (Å²) >= 11 is 0. The van der Waals surface area contributed by atoms with Gasteiger partial charge >= 0.3 is 0 Å². The number of allylic oxidation sites excluding steroid dienone is 13. The van der Waals surface area contributed by atoms with Gasteiger partial charge in [0.25, 0.3) is 0 Å². The first kappa shape index (κ1) is 76.3. The number of hydrogen-bond acceptors (Lipinski definition) is 13. The van der Waals surface area contributed by atoms with E-state index in [0.717, 1.165) is 64.2 Å². The Balaban J connectivity index is 1.72. The highest BCUT2D eigenvalue weighted by Gasteiger charge is 2.51. The highest BCUT2D eigenvalue weighted by atomic mass is 16.7. The average Bonchev–Trinajstić information content (AvgIpc) is 3.64. The standard InChI is InChI=1S/C69H121NO13/c1-3-5-7-9-11-13-15-17-19-21-23-24-25-26-27-28-29-30-31-32-33-35-36-38-40-42-44-46-48-50-52-58(73)57(70-61(74)53-51-49-47-45-43-41-39-37-34-22-20-18-16-14-12-10-8-6-4-2)56-80-68-66(79)64(77)67(60(55-72)82-68)83-69-65(78)63(76)62(75)59(54-71)81-69/h6,8,12,14,18,20,34,37,41-44,50,52,57-60,62-69,71-73,75-79H,3-5,7,9-11,13,15-17,19,21-33,35-36,38-40,45-49,51,53-56H2,1-2H3,(H,70,74)/b8-6-,14-12-,20-18-,37-34-,43-41-,44-42+,52-50+.